The van der Waals surface area contributed by atoms with E-state index in [0.717, 1.165) is 32.6 Å². The number of carbonyl (C=O) groups excluding carboxylic acids is 1. The van der Waals surface area contributed by atoms with Crippen LogP contribution in [0.4, 0.5) is 4.79 Å². The Morgan fingerprint density at radius 2 is 1.88 bits per heavy atom. The van der Waals surface area contributed by atoms with Gasteiger partial charge in [-0.05, 0) is 40.3 Å². The number of nitrogens with zero attached hydrogens (tertiary/aromatic N) is 2. The first-order valence-corrected chi connectivity index (χ1v) is 6.27. The van der Waals surface area contributed by atoms with Gasteiger partial charge >= 0.3 is 6.09 Å². The van der Waals surface area contributed by atoms with Gasteiger partial charge in [-0.25, -0.2) is 4.79 Å². The molecule has 0 aromatic rings. The number of rotatable bonds is 1. The van der Waals surface area contributed by atoms with E-state index in [-0.39, 0.29) is 6.09 Å². The van der Waals surface area contributed by atoms with Crippen molar-refractivity contribution in [2.45, 2.75) is 39.7 Å². The maximum Gasteiger partial charge on any atom is 0.410 e. The molecule has 1 heterocycles. The number of amides is 1. The summed E-state index contributed by atoms with van der Waals surface area (Å²) in [6.45, 7) is 11.1. The van der Waals surface area contributed by atoms with Crippen LogP contribution in [0.25, 0.3) is 0 Å². The molecule has 0 bridgehead atoms. The quantitative estimate of drug-likeness (QED) is 0.706. The maximum absolute atomic E-state index is 11.9. The van der Waals surface area contributed by atoms with Crippen LogP contribution in [-0.4, -0.2) is 47.7 Å². The van der Waals surface area contributed by atoms with Gasteiger partial charge in [0.05, 0.1) is 0 Å². The molecule has 0 N–H and O–H groups in total. The molecule has 1 fully saturated rings. The van der Waals surface area contributed by atoms with Crippen LogP contribution >= 0.6 is 0 Å². The Hall–Kier alpha value is -1.19. The number of ether oxygens (including phenoxy) is 1. The van der Waals surface area contributed by atoms with Crippen LogP contribution in [0.3, 0.4) is 0 Å². The zero-order chi connectivity index (χ0) is 12.9. The fraction of sp³-hybridized carbons (Fsp3) is 0.769. The summed E-state index contributed by atoms with van der Waals surface area (Å²) < 4.78 is 5.38. The molecule has 0 aliphatic carbocycles. The van der Waals surface area contributed by atoms with E-state index in [0.29, 0.717) is 0 Å². The second-order valence-corrected chi connectivity index (χ2v) is 5.34. The molecule has 4 heteroatoms. The highest BCUT2D eigenvalue weighted by atomic mass is 16.6. The minimum absolute atomic E-state index is 0.195. The third-order valence-corrected chi connectivity index (χ3v) is 2.54. The molecular weight excluding hydrogens is 216 g/mol. The van der Waals surface area contributed by atoms with Crippen molar-refractivity contribution < 1.29 is 9.53 Å². The number of allylic oxidation sites excluding steroid dienone is 1. The first-order valence-electron chi connectivity index (χ1n) is 6.27. The van der Waals surface area contributed by atoms with E-state index < -0.39 is 5.60 Å². The summed E-state index contributed by atoms with van der Waals surface area (Å²) in [5.74, 6) is 0. The van der Waals surface area contributed by atoms with E-state index in [2.05, 4.69) is 11.1 Å². The number of carbonyl (C=O) groups is 1. The Morgan fingerprint density at radius 3 is 2.47 bits per heavy atom. The molecule has 1 rings (SSSR count). The Kier molecular flexibility index (Phi) is 4.85. The van der Waals surface area contributed by atoms with Crippen molar-refractivity contribution in [1.82, 2.24) is 9.80 Å². The molecule has 98 valence electrons. The van der Waals surface area contributed by atoms with E-state index in [1.807, 2.05) is 33.8 Å². The molecule has 0 unspecified atom stereocenters. The van der Waals surface area contributed by atoms with Crippen molar-refractivity contribution in [1.29, 1.82) is 0 Å². The SMILES string of the molecule is CC=CN1CCCN(C(=O)OC(C)(C)C)CC1. The summed E-state index contributed by atoms with van der Waals surface area (Å²) in [6.07, 6.45) is 4.91. The third-order valence-electron chi connectivity index (χ3n) is 2.54. The molecule has 0 saturated carbocycles. The number of hydrogen-bond donors (Lipinski definition) is 0. The Morgan fingerprint density at radius 1 is 1.18 bits per heavy atom. The molecule has 0 spiro atoms. The minimum atomic E-state index is -0.410. The molecule has 0 aromatic heterocycles. The smallest absolute Gasteiger partial charge is 0.410 e. The summed E-state index contributed by atoms with van der Waals surface area (Å²) >= 11 is 0. The molecule has 17 heavy (non-hydrogen) atoms. The molecule has 0 radical (unpaired) electrons. The Bertz CT molecular complexity index is 282. The first kappa shape index (κ1) is 13.9. The molecule has 1 aliphatic rings. The van der Waals surface area contributed by atoms with Crippen LogP contribution in [0.2, 0.25) is 0 Å². The van der Waals surface area contributed by atoms with Gasteiger partial charge in [-0.1, -0.05) is 6.08 Å². The van der Waals surface area contributed by atoms with Crippen molar-refractivity contribution in [3.05, 3.63) is 12.3 Å². The lowest BCUT2D eigenvalue weighted by Crippen LogP contribution is -2.38. The normalized spacial score (nSPS) is 18.4. The van der Waals surface area contributed by atoms with Crippen LogP contribution in [0, 0.1) is 0 Å². The molecular formula is C13H24N2O2. The van der Waals surface area contributed by atoms with Crippen LogP contribution in [0.1, 0.15) is 34.1 Å². The standard InChI is InChI=1S/C13H24N2O2/c1-5-7-14-8-6-9-15(11-10-14)12(16)17-13(2,3)4/h5,7H,6,8-11H2,1-4H3. The van der Waals surface area contributed by atoms with Crippen LogP contribution in [-0.2, 0) is 4.74 Å². The fourth-order valence-corrected chi connectivity index (χ4v) is 1.81. The second-order valence-electron chi connectivity index (χ2n) is 5.34. The summed E-state index contributed by atoms with van der Waals surface area (Å²) in [7, 11) is 0. The zero-order valence-corrected chi connectivity index (χ0v) is 11.4. The summed E-state index contributed by atoms with van der Waals surface area (Å²) in [6, 6.07) is 0. The maximum atomic E-state index is 11.9. The second kappa shape index (κ2) is 5.94. The van der Waals surface area contributed by atoms with Gasteiger partial charge in [0.25, 0.3) is 0 Å². The van der Waals surface area contributed by atoms with Gasteiger partial charge < -0.3 is 14.5 Å². The minimum Gasteiger partial charge on any atom is -0.444 e. The van der Waals surface area contributed by atoms with Crippen molar-refractivity contribution >= 4 is 6.09 Å². The lowest BCUT2D eigenvalue weighted by molar-refractivity contribution is 0.0259. The van der Waals surface area contributed by atoms with Gasteiger partial charge in [-0.15, -0.1) is 0 Å². The highest BCUT2D eigenvalue weighted by Crippen LogP contribution is 2.12. The fourth-order valence-electron chi connectivity index (χ4n) is 1.81. The molecule has 0 atom stereocenters. The molecule has 1 amide bonds. The van der Waals surface area contributed by atoms with Gasteiger partial charge in [0.2, 0.25) is 0 Å². The van der Waals surface area contributed by atoms with Gasteiger partial charge in [0, 0.05) is 26.2 Å². The average molecular weight is 240 g/mol. The van der Waals surface area contributed by atoms with E-state index in [4.69, 9.17) is 4.74 Å². The average Bonchev–Trinajstić information content (AvgIpc) is 2.41. The van der Waals surface area contributed by atoms with Crippen LogP contribution in [0.15, 0.2) is 12.3 Å². The van der Waals surface area contributed by atoms with Crippen molar-refractivity contribution in [2.24, 2.45) is 0 Å². The molecule has 1 saturated heterocycles. The third kappa shape index (κ3) is 5.11. The topological polar surface area (TPSA) is 32.8 Å². The number of hydrogen-bond acceptors (Lipinski definition) is 3. The largest absolute Gasteiger partial charge is 0.444 e. The van der Waals surface area contributed by atoms with Crippen LogP contribution < -0.4 is 0 Å². The van der Waals surface area contributed by atoms with E-state index >= 15 is 0 Å². The van der Waals surface area contributed by atoms with Crippen molar-refractivity contribution in [2.75, 3.05) is 26.2 Å². The highest BCUT2D eigenvalue weighted by Gasteiger charge is 2.23. The predicted molar refractivity (Wildman–Crippen MR) is 68.8 cm³/mol. The van der Waals surface area contributed by atoms with Gasteiger partial charge in [0.15, 0.2) is 0 Å². The summed E-state index contributed by atoms with van der Waals surface area (Å²) in [4.78, 5) is 15.9. The van der Waals surface area contributed by atoms with Crippen LogP contribution in [0.5, 0.6) is 0 Å². The Balaban J connectivity index is 2.48. The Labute approximate surface area is 104 Å². The van der Waals surface area contributed by atoms with E-state index in [1.165, 1.54) is 0 Å². The predicted octanol–water partition coefficient (Wildman–Crippen LogP) is 2.46. The lowest BCUT2D eigenvalue weighted by Gasteiger charge is -2.26. The molecule has 0 aromatic carbocycles. The summed E-state index contributed by atoms with van der Waals surface area (Å²) in [5.41, 5.74) is -0.410. The van der Waals surface area contributed by atoms with Gasteiger partial charge in [-0.2, -0.15) is 0 Å². The zero-order valence-electron chi connectivity index (χ0n) is 11.4. The monoisotopic (exact) mass is 240 g/mol. The highest BCUT2D eigenvalue weighted by molar-refractivity contribution is 5.68. The van der Waals surface area contributed by atoms with Crippen molar-refractivity contribution in [3.63, 3.8) is 0 Å². The summed E-state index contributed by atoms with van der Waals surface area (Å²) in [5, 5.41) is 0. The van der Waals surface area contributed by atoms with Gasteiger partial charge in [-0.3, -0.25) is 0 Å². The van der Waals surface area contributed by atoms with Crippen molar-refractivity contribution in [3.8, 4) is 0 Å². The van der Waals surface area contributed by atoms with E-state index in [9.17, 15) is 4.79 Å². The van der Waals surface area contributed by atoms with Gasteiger partial charge in [0.1, 0.15) is 5.60 Å². The molecule has 1 aliphatic heterocycles. The molecule has 4 nitrogen and oxygen atoms in total. The first-order chi connectivity index (χ1) is 7.92. The lowest BCUT2D eigenvalue weighted by atomic mass is 10.2. The van der Waals surface area contributed by atoms with E-state index in [1.54, 1.807) is 4.90 Å².